The zero-order valence-electron chi connectivity index (χ0n) is 13.9. The van der Waals surface area contributed by atoms with E-state index in [1.807, 2.05) is 30.3 Å². The topological polar surface area (TPSA) is 41.6 Å². The number of hydrogen-bond acceptors (Lipinski definition) is 3. The molecule has 0 bridgehead atoms. The molecule has 0 fully saturated rings. The maximum atomic E-state index is 11.8. The summed E-state index contributed by atoms with van der Waals surface area (Å²) in [4.78, 5) is 14.0. The van der Waals surface area contributed by atoms with Crippen molar-refractivity contribution >= 4 is 17.5 Å². The molecule has 0 aliphatic heterocycles. The molecular formula is C19H23ClN2O2. The van der Waals surface area contributed by atoms with Crippen LogP contribution in [0.2, 0.25) is 5.02 Å². The van der Waals surface area contributed by atoms with Crippen molar-refractivity contribution in [2.24, 2.45) is 0 Å². The van der Waals surface area contributed by atoms with Gasteiger partial charge >= 0.3 is 0 Å². The summed E-state index contributed by atoms with van der Waals surface area (Å²) in [5.41, 5.74) is 1.29. The molecule has 0 spiro atoms. The van der Waals surface area contributed by atoms with E-state index in [2.05, 4.69) is 29.4 Å². The Morgan fingerprint density at radius 3 is 2.58 bits per heavy atom. The lowest BCUT2D eigenvalue weighted by molar-refractivity contribution is -0.123. The largest absolute Gasteiger partial charge is 0.482 e. The number of rotatable bonds is 9. The highest BCUT2D eigenvalue weighted by Gasteiger charge is 2.05. The van der Waals surface area contributed by atoms with E-state index in [0.29, 0.717) is 17.3 Å². The number of hydrogen-bond donors (Lipinski definition) is 1. The Labute approximate surface area is 148 Å². The molecule has 128 valence electrons. The molecule has 2 rings (SSSR count). The molecule has 0 radical (unpaired) electrons. The van der Waals surface area contributed by atoms with E-state index >= 15 is 0 Å². The molecule has 0 aliphatic carbocycles. The molecule has 4 nitrogen and oxygen atoms in total. The minimum atomic E-state index is -0.138. The van der Waals surface area contributed by atoms with Crippen LogP contribution < -0.4 is 10.1 Å². The molecule has 1 amide bonds. The fraction of sp³-hybridized carbons (Fsp3) is 0.316. The van der Waals surface area contributed by atoms with Crippen LogP contribution in [0.3, 0.4) is 0 Å². The van der Waals surface area contributed by atoms with Crippen molar-refractivity contribution in [1.29, 1.82) is 0 Å². The number of ether oxygens (including phenoxy) is 1. The summed E-state index contributed by atoms with van der Waals surface area (Å²) in [6.45, 7) is 2.43. The van der Waals surface area contributed by atoms with E-state index in [1.54, 1.807) is 12.1 Å². The molecule has 0 aromatic heterocycles. The summed E-state index contributed by atoms with van der Waals surface area (Å²) in [7, 11) is 2.08. The van der Waals surface area contributed by atoms with Crippen LogP contribution in [-0.2, 0) is 11.3 Å². The van der Waals surface area contributed by atoms with Crippen molar-refractivity contribution in [2.75, 3.05) is 26.7 Å². The highest BCUT2D eigenvalue weighted by Crippen LogP contribution is 2.22. The predicted molar refractivity (Wildman–Crippen MR) is 97.3 cm³/mol. The Balaban J connectivity index is 1.58. The summed E-state index contributed by atoms with van der Waals surface area (Å²) in [6, 6.07) is 17.5. The fourth-order valence-corrected chi connectivity index (χ4v) is 2.50. The van der Waals surface area contributed by atoms with Gasteiger partial charge in [-0.25, -0.2) is 0 Å². The second-order valence-corrected chi connectivity index (χ2v) is 6.05. The smallest absolute Gasteiger partial charge is 0.257 e. The predicted octanol–water partition coefficient (Wildman–Crippen LogP) is 3.36. The number of benzene rings is 2. The summed E-state index contributed by atoms with van der Waals surface area (Å²) >= 11 is 5.97. The van der Waals surface area contributed by atoms with Gasteiger partial charge in [0.1, 0.15) is 5.75 Å². The van der Waals surface area contributed by atoms with Gasteiger partial charge in [-0.15, -0.1) is 0 Å². The minimum absolute atomic E-state index is 0.0242. The van der Waals surface area contributed by atoms with E-state index in [9.17, 15) is 4.79 Å². The molecule has 0 aliphatic rings. The Kier molecular flexibility index (Phi) is 7.59. The fourth-order valence-electron chi connectivity index (χ4n) is 2.31. The highest BCUT2D eigenvalue weighted by molar-refractivity contribution is 6.32. The molecule has 0 unspecified atom stereocenters. The van der Waals surface area contributed by atoms with Gasteiger partial charge in [0.25, 0.3) is 5.91 Å². The monoisotopic (exact) mass is 346 g/mol. The maximum Gasteiger partial charge on any atom is 0.257 e. The third-order valence-corrected chi connectivity index (χ3v) is 3.84. The normalized spacial score (nSPS) is 10.6. The van der Waals surface area contributed by atoms with Crippen molar-refractivity contribution < 1.29 is 9.53 Å². The number of carbonyl (C=O) groups excluding carboxylic acids is 1. The zero-order chi connectivity index (χ0) is 17.2. The van der Waals surface area contributed by atoms with Gasteiger partial charge in [-0.1, -0.05) is 54.1 Å². The van der Waals surface area contributed by atoms with Crippen LogP contribution in [0.4, 0.5) is 0 Å². The Hall–Kier alpha value is -2.04. The van der Waals surface area contributed by atoms with Crippen LogP contribution >= 0.6 is 11.6 Å². The van der Waals surface area contributed by atoms with E-state index < -0.39 is 0 Å². The van der Waals surface area contributed by atoms with Crippen molar-refractivity contribution in [3.05, 3.63) is 65.2 Å². The molecule has 5 heteroatoms. The number of para-hydroxylation sites is 1. The zero-order valence-corrected chi connectivity index (χ0v) is 14.6. The first-order chi connectivity index (χ1) is 11.6. The third-order valence-electron chi connectivity index (χ3n) is 3.53. The van der Waals surface area contributed by atoms with Gasteiger partial charge in [-0.05, 0) is 37.7 Å². The maximum absolute atomic E-state index is 11.8. The van der Waals surface area contributed by atoms with Crippen LogP contribution in [0.1, 0.15) is 12.0 Å². The van der Waals surface area contributed by atoms with E-state index in [4.69, 9.17) is 16.3 Å². The lowest BCUT2D eigenvalue weighted by Crippen LogP contribution is -2.31. The number of carbonyl (C=O) groups is 1. The van der Waals surface area contributed by atoms with Crippen LogP contribution in [-0.4, -0.2) is 37.6 Å². The van der Waals surface area contributed by atoms with Gasteiger partial charge in [0.05, 0.1) is 5.02 Å². The summed E-state index contributed by atoms with van der Waals surface area (Å²) in [5.74, 6) is 0.387. The van der Waals surface area contributed by atoms with Gasteiger partial charge in [0, 0.05) is 13.1 Å². The van der Waals surface area contributed by atoms with Crippen molar-refractivity contribution in [3.8, 4) is 5.75 Å². The number of halogens is 1. The summed E-state index contributed by atoms with van der Waals surface area (Å²) < 4.78 is 5.40. The summed E-state index contributed by atoms with van der Waals surface area (Å²) in [6.07, 6.45) is 0.890. The van der Waals surface area contributed by atoms with E-state index in [0.717, 1.165) is 19.5 Å². The number of nitrogens with zero attached hydrogens (tertiary/aromatic N) is 1. The van der Waals surface area contributed by atoms with Gasteiger partial charge in [0.2, 0.25) is 0 Å². The average molecular weight is 347 g/mol. The van der Waals surface area contributed by atoms with Gasteiger partial charge in [0.15, 0.2) is 6.61 Å². The van der Waals surface area contributed by atoms with Crippen LogP contribution in [0, 0.1) is 0 Å². The number of amides is 1. The molecule has 2 aromatic carbocycles. The van der Waals surface area contributed by atoms with Crippen molar-refractivity contribution in [3.63, 3.8) is 0 Å². The Morgan fingerprint density at radius 1 is 1.12 bits per heavy atom. The average Bonchev–Trinajstić information content (AvgIpc) is 2.59. The molecule has 0 saturated carbocycles. The Morgan fingerprint density at radius 2 is 1.83 bits per heavy atom. The molecule has 1 N–H and O–H groups in total. The van der Waals surface area contributed by atoms with Crippen molar-refractivity contribution in [1.82, 2.24) is 10.2 Å². The standard InChI is InChI=1S/C19H23ClN2O2/c1-22(14-16-8-3-2-4-9-16)13-7-12-21-19(23)15-24-18-11-6-5-10-17(18)20/h2-6,8-11H,7,12-15H2,1H3,(H,21,23). The van der Waals surface area contributed by atoms with Crippen LogP contribution in [0.15, 0.2) is 54.6 Å². The van der Waals surface area contributed by atoms with Gasteiger partial charge < -0.3 is 15.0 Å². The molecule has 0 heterocycles. The van der Waals surface area contributed by atoms with Gasteiger partial charge in [-0.3, -0.25) is 4.79 Å². The second-order valence-electron chi connectivity index (χ2n) is 5.65. The SMILES string of the molecule is CN(CCCNC(=O)COc1ccccc1Cl)Cc1ccccc1. The third kappa shape index (κ3) is 6.60. The van der Waals surface area contributed by atoms with Crippen molar-refractivity contribution in [2.45, 2.75) is 13.0 Å². The van der Waals surface area contributed by atoms with E-state index in [-0.39, 0.29) is 12.5 Å². The molecular weight excluding hydrogens is 324 g/mol. The van der Waals surface area contributed by atoms with Crippen LogP contribution in [0.5, 0.6) is 5.75 Å². The lowest BCUT2D eigenvalue weighted by Gasteiger charge is -2.16. The first-order valence-electron chi connectivity index (χ1n) is 8.01. The molecule has 0 saturated heterocycles. The van der Waals surface area contributed by atoms with E-state index in [1.165, 1.54) is 5.56 Å². The molecule has 2 aromatic rings. The van der Waals surface area contributed by atoms with Gasteiger partial charge in [-0.2, -0.15) is 0 Å². The minimum Gasteiger partial charge on any atom is -0.482 e. The first kappa shape index (κ1) is 18.3. The summed E-state index contributed by atoms with van der Waals surface area (Å²) in [5, 5.41) is 3.37. The van der Waals surface area contributed by atoms with Crippen LogP contribution in [0.25, 0.3) is 0 Å². The quantitative estimate of drug-likeness (QED) is 0.708. The second kappa shape index (κ2) is 9.96. The molecule has 24 heavy (non-hydrogen) atoms. The molecule has 0 atom stereocenters. The number of nitrogens with one attached hydrogen (secondary N) is 1. The Bertz CT molecular complexity index is 634. The highest BCUT2D eigenvalue weighted by atomic mass is 35.5. The lowest BCUT2D eigenvalue weighted by atomic mass is 10.2. The first-order valence-corrected chi connectivity index (χ1v) is 8.39.